The fraction of sp³-hybridized carbons (Fsp3) is 0.464. The lowest BCUT2D eigenvalue weighted by Gasteiger charge is -2.26. The molecule has 3 aliphatic rings. The second kappa shape index (κ2) is 8.84. The Morgan fingerprint density at radius 1 is 1.03 bits per heavy atom. The Balaban J connectivity index is 1.34. The Bertz CT molecular complexity index is 1190. The van der Waals surface area contributed by atoms with Gasteiger partial charge in [-0.2, -0.15) is 0 Å². The molecule has 190 valence electrons. The van der Waals surface area contributed by atoms with Gasteiger partial charge in [0.15, 0.2) is 0 Å². The summed E-state index contributed by atoms with van der Waals surface area (Å²) in [4.78, 5) is 40.1. The van der Waals surface area contributed by atoms with E-state index in [2.05, 4.69) is 10.6 Å². The van der Waals surface area contributed by atoms with Crippen LogP contribution in [0.5, 0.6) is 5.75 Å². The van der Waals surface area contributed by atoms with Crippen molar-refractivity contribution in [2.75, 3.05) is 20.1 Å². The van der Waals surface area contributed by atoms with Crippen LogP contribution in [-0.2, 0) is 4.74 Å². The number of nitrogens with zero attached hydrogens (tertiary/aromatic N) is 1. The zero-order valence-electron chi connectivity index (χ0n) is 21.3. The minimum atomic E-state index is -0.535. The minimum Gasteiger partial charge on any atom is -0.489 e. The van der Waals surface area contributed by atoms with Crippen LogP contribution < -0.4 is 15.4 Å². The van der Waals surface area contributed by atoms with Crippen molar-refractivity contribution in [3.8, 4) is 5.75 Å². The zero-order valence-corrected chi connectivity index (χ0v) is 21.3. The van der Waals surface area contributed by atoms with Crippen LogP contribution in [0.1, 0.15) is 65.5 Å². The Hall–Kier alpha value is -3.55. The number of benzene rings is 2. The van der Waals surface area contributed by atoms with Gasteiger partial charge in [-0.05, 0) is 45.4 Å². The lowest BCUT2D eigenvalue weighted by molar-refractivity contribution is 0.0269. The fourth-order valence-electron chi connectivity index (χ4n) is 5.52. The number of nitrogens with one attached hydrogen (secondary N) is 2. The quantitative estimate of drug-likeness (QED) is 0.682. The predicted octanol–water partition coefficient (Wildman–Crippen LogP) is 3.55. The highest BCUT2D eigenvalue weighted by Gasteiger charge is 2.58. The van der Waals surface area contributed by atoms with Crippen LogP contribution in [0, 0.1) is 11.8 Å². The van der Waals surface area contributed by atoms with Gasteiger partial charge in [0.1, 0.15) is 17.5 Å². The molecule has 1 aliphatic carbocycles. The van der Waals surface area contributed by atoms with Crippen molar-refractivity contribution in [2.24, 2.45) is 11.8 Å². The largest absolute Gasteiger partial charge is 0.489 e. The number of likely N-dealkylation sites (tertiary alicyclic amines) is 1. The summed E-state index contributed by atoms with van der Waals surface area (Å²) in [7, 11) is 1.57. The average Bonchev–Trinajstić information content (AvgIpc) is 3.15. The first kappa shape index (κ1) is 24.2. The van der Waals surface area contributed by atoms with E-state index >= 15 is 0 Å². The highest BCUT2D eigenvalue weighted by molar-refractivity contribution is 6.02. The van der Waals surface area contributed by atoms with Gasteiger partial charge in [0.25, 0.3) is 11.8 Å². The molecule has 0 unspecified atom stereocenters. The van der Waals surface area contributed by atoms with Crippen molar-refractivity contribution < 1.29 is 23.9 Å². The normalized spacial score (nSPS) is 25.9. The van der Waals surface area contributed by atoms with E-state index in [1.807, 2.05) is 64.1 Å². The number of carbonyl (C=O) groups excluding carboxylic acids is 3. The van der Waals surface area contributed by atoms with E-state index in [-0.39, 0.29) is 47.8 Å². The van der Waals surface area contributed by atoms with Crippen molar-refractivity contribution in [1.82, 2.24) is 15.5 Å². The molecule has 0 aromatic heterocycles. The lowest BCUT2D eigenvalue weighted by atomic mass is 9.87. The smallest absolute Gasteiger partial charge is 0.410 e. The third-order valence-corrected chi connectivity index (χ3v) is 7.26. The van der Waals surface area contributed by atoms with Crippen LogP contribution in [0.3, 0.4) is 0 Å². The highest BCUT2D eigenvalue weighted by Crippen LogP contribution is 2.47. The summed E-state index contributed by atoms with van der Waals surface area (Å²) in [6.45, 7) is 8.67. The van der Waals surface area contributed by atoms with Crippen molar-refractivity contribution in [3.05, 3.63) is 64.7 Å². The maximum atomic E-state index is 13.3. The van der Waals surface area contributed by atoms with Gasteiger partial charge in [-0.1, -0.05) is 30.3 Å². The molecule has 8 heteroatoms. The van der Waals surface area contributed by atoms with Gasteiger partial charge in [0.05, 0.1) is 5.56 Å². The first-order valence-corrected chi connectivity index (χ1v) is 12.5. The minimum absolute atomic E-state index is 0.00740. The summed E-state index contributed by atoms with van der Waals surface area (Å²) in [6.07, 6.45) is -0.486. The second-order valence-corrected chi connectivity index (χ2v) is 10.9. The van der Waals surface area contributed by atoms with Gasteiger partial charge in [-0.3, -0.25) is 9.59 Å². The SMILES string of the molecule is CNC(=O)c1cc(C(=O)N[C@H]2[C@@H]3CN(C(=O)OC(C)(C)C)C[C@@H]32)cc2c1O[C@H](C)[C@H]2c1ccccc1. The molecular formula is C28H33N3O5. The average molecular weight is 492 g/mol. The van der Waals surface area contributed by atoms with Crippen LogP contribution >= 0.6 is 0 Å². The van der Waals surface area contributed by atoms with Gasteiger partial charge in [0, 0.05) is 55.1 Å². The molecule has 0 radical (unpaired) electrons. The first-order chi connectivity index (χ1) is 17.1. The molecule has 2 heterocycles. The van der Waals surface area contributed by atoms with Gasteiger partial charge < -0.3 is 25.0 Å². The van der Waals surface area contributed by atoms with E-state index in [4.69, 9.17) is 9.47 Å². The summed E-state index contributed by atoms with van der Waals surface area (Å²) in [5.74, 6) is 0.365. The molecule has 5 atom stereocenters. The van der Waals surface area contributed by atoms with E-state index in [0.717, 1.165) is 11.1 Å². The molecule has 36 heavy (non-hydrogen) atoms. The Morgan fingerprint density at radius 3 is 2.31 bits per heavy atom. The van der Waals surface area contributed by atoms with Crippen LogP contribution in [0.15, 0.2) is 42.5 Å². The third-order valence-electron chi connectivity index (χ3n) is 7.26. The van der Waals surface area contributed by atoms with Gasteiger partial charge in [-0.25, -0.2) is 4.79 Å². The highest BCUT2D eigenvalue weighted by atomic mass is 16.6. The first-order valence-electron chi connectivity index (χ1n) is 12.5. The Morgan fingerprint density at radius 2 is 1.69 bits per heavy atom. The van der Waals surface area contributed by atoms with Crippen LogP contribution in [0.2, 0.25) is 0 Å². The molecule has 3 amide bonds. The molecule has 2 aromatic carbocycles. The number of piperidine rings is 1. The van der Waals surface area contributed by atoms with E-state index in [9.17, 15) is 14.4 Å². The van der Waals surface area contributed by atoms with E-state index in [1.165, 1.54) is 0 Å². The van der Waals surface area contributed by atoms with E-state index in [0.29, 0.717) is 30.0 Å². The van der Waals surface area contributed by atoms with Crippen molar-refractivity contribution in [1.29, 1.82) is 0 Å². The van der Waals surface area contributed by atoms with Crippen molar-refractivity contribution in [2.45, 2.75) is 51.4 Å². The number of fused-ring (bicyclic) bond motifs is 2. The molecule has 8 nitrogen and oxygen atoms in total. The number of ether oxygens (including phenoxy) is 2. The second-order valence-electron chi connectivity index (χ2n) is 10.9. The summed E-state index contributed by atoms with van der Waals surface area (Å²) in [5, 5.41) is 5.79. The zero-order chi connectivity index (χ0) is 25.8. The Kier molecular flexibility index (Phi) is 5.93. The van der Waals surface area contributed by atoms with Crippen LogP contribution in [-0.4, -0.2) is 60.7 Å². The summed E-state index contributed by atoms with van der Waals surface area (Å²) >= 11 is 0. The monoisotopic (exact) mass is 491 g/mol. The molecule has 2 aliphatic heterocycles. The number of carbonyl (C=O) groups is 3. The van der Waals surface area contributed by atoms with Crippen LogP contribution in [0.4, 0.5) is 4.79 Å². The molecule has 1 saturated heterocycles. The van der Waals surface area contributed by atoms with E-state index in [1.54, 1.807) is 18.0 Å². The Labute approximate surface area is 211 Å². The molecule has 2 aromatic rings. The molecule has 5 rings (SSSR count). The third kappa shape index (κ3) is 4.40. The van der Waals surface area contributed by atoms with Crippen LogP contribution in [0.25, 0.3) is 0 Å². The molecule has 0 spiro atoms. The van der Waals surface area contributed by atoms with Gasteiger partial charge >= 0.3 is 6.09 Å². The molecule has 2 N–H and O–H groups in total. The van der Waals surface area contributed by atoms with E-state index < -0.39 is 5.60 Å². The number of amides is 3. The maximum Gasteiger partial charge on any atom is 0.410 e. The predicted molar refractivity (Wildman–Crippen MR) is 134 cm³/mol. The van der Waals surface area contributed by atoms with Crippen molar-refractivity contribution >= 4 is 17.9 Å². The number of hydrogen-bond donors (Lipinski definition) is 2. The van der Waals surface area contributed by atoms with Crippen molar-refractivity contribution in [3.63, 3.8) is 0 Å². The number of hydrogen-bond acceptors (Lipinski definition) is 5. The van der Waals surface area contributed by atoms with Gasteiger partial charge in [0.2, 0.25) is 0 Å². The van der Waals surface area contributed by atoms with Gasteiger partial charge in [-0.15, -0.1) is 0 Å². The molecule has 1 saturated carbocycles. The summed E-state index contributed by atoms with van der Waals surface area (Å²) in [5.41, 5.74) is 2.17. The molecular weight excluding hydrogens is 458 g/mol. The number of rotatable bonds is 4. The summed E-state index contributed by atoms with van der Waals surface area (Å²) in [6, 6.07) is 13.4. The topological polar surface area (TPSA) is 97.0 Å². The maximum absolute atomic E-state index is 13.3. The molecule has 2 fully saturated rings. The summed E-state index contributed by atoms with van der Waals surface area (Å²) < 4.78 is 11.6. The molecule has 0 bridgehead atoms. The standard InChI is InChI=1S/C28H33N3O5/c1-15-22(16-9-7-6-8-10-16)18-11-17(12-19(24(18)35-15)26(33)29-5)25(32)30-23-20-13-31(14-21(20)23)27(34)36-28(2,3)4/h6-12,15,20-23H,13-14H2,1-5H3,(H,29,33)(H,30,32)/t15-,20-,21+,22+,23+/m1/s1. The lowest BCUT2D eigenvalue weighted by Crippen LogP contribution is -2.40. The fourth-order valence-corrected chi connectivity index (χ4v) is 5.52.